The summed E-state index contributed by atoms with van der Waals surface area (Å²) in [4.78, 5) is 17.8. The van der Waals surface area contributed by atoms with E-state index in [2.05, 4.69) is 10.3 Å². The molecular formula is C14H14N2O3S. The Morgan fingerprint density at radius 1 is 1.60 bits per heavy atom. The van der Waals surface area contributed by atoms with Crippen LogP contribution in [0, 0.1) is 0 Å². The van der Waals surface area contributed by atoms with Crippen molar-refractivity contribution in [2.75, 3.05) is 13.7 Å². The molecule has 0 bridgehead atoms. The largest absolute Gasteiger partial charge is 0.415 e. The molecule has 0 aromatic carbocycles. The van der Waals surface area contributed by atoms with E-state index in [1.165, 1.54) is 11.9 Å². The molecule has 0 fully saturated rings. The third-order valence-electron chi connectivity index (χ3n) is 3.06. The molecule has 1 aliphatic heterocycles. The SMILES string of the molecule is CNC(=O)OC1OCCc2sc(-c3cccnc3)cc21. The standard InChI is InChI=1S/C14H14N2O3S/c1-15-14(17)19-13-10-7-12(9-3-2-5-16-8-9)20-11(10)4-6-18-13/h2-3,5,7-8,13H,4,6H2,1H3,(H,15,17). The number of ether oxygens (including phenoxy) is 2. The monoisotopic (exact) mass is 290 g/mol. The summed E-state index contributed by atoms with van der Waals surface area (Å²) >= 11 is 1.70. The van der Waals surface area contributed by atoms with Crippen LogP contribution >= 0.6 is 11.3 Å². The Kier molecular flexibility index (Phi) is 3.66. The van der Waals surface area contributed by atoms with Crippen molar-refractivity contribution in [1.82, 2.24) is 10.3 Å². The average Bonchev–Trinajstić information content (AvgIpc) is 2.93. The number of amides is 1. The second-order valence-corrected chi connectivity index (χ2v) is 5.48. The summed E-state index contributed by atoms with van der Waals surface area (Å²) in [7, 11) is 1.53. The zero-order chi connectivity index (χ0) is 13.9. The molecule has 3 heterocycles. The van der Waals surface area contributed by atoms with Crippen LogP contribution in [0.2, 0.25) is 0 Å². The van der Waals surface area contributed by atoms with Crippen molar-refractivity contribution in [3.8, 4) is 10.4 Å². The summed E-state index contributed by atoms with van der Waals surface area (Å²) in [6, 6.07) is 5.94. The molecule has 3 rings (SSSR count). The first-order valence-corrected chi connectivity index (χ1v) is 7.12. The van der Waals surface area contributed by atoms with Gasteiger partial charge < -0.3 is 14.8 Å². The minimum absolute atomic E-state index is 0.489. The predicted octanol–water partition coefficient (Wildman–Crippen LogP) is 2.74. The lowest BCUT2D eigenvalue weighted by Gasteiger charge is -2.22. The quantitative estimate of drug-likeness (QED) is 0.924. The number of nitrogens with one attached hydrogen (secondary N) is 1. The first kappa shape index (κ1) is 13.1. The van der Waals surface area contributed by atoms with E-state index in [9.17, 15) is 4.79 Å². The van der Waals surface area contributed by atoms with E-state index in [0.717, 1.165) is 22.4 Å². The van der Waals surface area contributed by atoms with Crippen LogP contribution in [0.5, 0.6) is 0 Å². The normalized spacial score (nSPS) is 17.4. The maximum atomic E-state index is 11.3. The van der Waals surface area contributed by atoms with Crippen molar-refractivity contribution >= 4 is 17.4 Å². The Morgan fingerprint density at radius 2 is 2.50 bits per heavy atom. The van der Waals surface area contributed by atoms with E-state index < -0.39 is 12.4 Å². The fourth-order valence-corrected chi connectivity index (χ4v) is 3.24. The molecule has 0 saturated carbocycles. The van der Waals surface area contributed by atoms with E-state index in [-0.39, 0.29) is 0 Å². The Labute approximate surface area is 120 Å². The first-order valence-electron chi connectivity index (χ1n) is 6.31. The Balaban J connectivity index is 1.91. The van der Waals surface area contributed by atoms with Gasteiger partial charge in [-0.25, -0.2) is 4.79 Å². The fraction of sp³-hybridized carbons (Fsp3) is 0.286. The van der Waals surface area contributed by atoms with Gasteiger partial charge in [0.1, 0.15) is 0 Å². The highest BCUT2D eigenvalue weighted by Crippen LogP contribution is 2.38. The lowest BCUT2D eigenvalue weighted by Crippen LogP contribution is -2.25. The minimum atomic E-state index is -0.625. The van der Waals surface area contributed by atoms with Gasteiger partial charge in [0.05, 0.1) is 6.61 Å². The number of hydrogen-bond acceptors (Lipinski definition) is 5. The minimum Gasteiger partial charge on any atom is -0.415 e. The molecular weight excluding hydrogens is 276 g/mol. The van der Waals surface area contributed by atoms with Gasteiger partial charge in [-0.15, -0.1) is 11.3 Å². The van der Waals surface area contributed by atoms with Gasteiger partial charge in [-0.2, -0.15) is 0 Å². The highest BCUT2D eigenvalue weighted by Gasteiger charge is 2.27. The van der Waals surface area contributed by atoms with E-state index in [1.54, 1.807) is 17.5 Å². The summed E-state index contributed by atoms with van der Waals surface area (Å²) in [6.45, 7) is 0.557. The van der Waals surface area contributed by atoms with Crippen LogP contribution in [0.3, 0.4) is 0 Å². The van der Waals surface area contributed by atoms with Gasteiger partial charge in [-0.05, 0) is 12.1 Å². The Morgan fingerprint density at radius 3 is 3.25 bits per heavy atom. The first-order chi connectivity index (χ1) is 9.78. The van der Waals surface area contributed by atoms with Crippen LogP contribution in [-0.2, 0) is 15.9 Å². The number of rotatable bonds is 2. The summed E-state index contributed by atoms with van der Waals surface area (Å²) in [5.74, 6) is 0. The van der Waals surface area contributed by atoms with Gasteiger partial charge in [0, 0.05) is 46.7 Å². The van der Waals surface area contributed by atoms with E-state index in [0.29, 0.717) is 6.61 Å². The smallest absolute Gasteiger partial charge is 0.409 e. The van der Waals surface area contributed by atoms with Gasteiger partial charge in [0.2, 0.25) is 6.29 Å². The summed E-state index contributed by atoms with van der Waals surface area (Å²) in [5.41, 5.74) is 1.99. The van der Waals surface area contributed by atoms with E-state index >= 15 is 0 Å². The summed E-state index contributed by atoms with van der Waals surface area (Å²) in [5, 5.41) is 2.43. The molecule has 5 nitrogen and oxygen atoms in total. The van der Waals surface area contributed by atoms with Crippen LogP contribution in [0.15, 0.2) is 30.6 Å². The summed E-state index contributed by atoms with van der Waals surface area (Å²) < 4.78 is 10.8. The molecule has 1 unspecified atom stereocenters. The molecule has 1 amide bonds. The van der Waals surface area contributed by atoms with E-state index in [4.69, 9.17) is 9.47 Å². The molecule has 1 N–H and O–H groups in total. The van der Waals surface area contributed by atoms with Crippen molar-refractivity contribution in [2.45, 2.75) is 12.7 Å². The second kappa shape index (κ2) is 5.60. The van der Waals surface area contributed by atoms with Crippen molar-refractivity contribution in [3.63, 3.8) is 0 Å². The molecule has 1 aliphatic rings. The number of pyridine rings is 1. The zero-order valence-corrected chi connectivity index (χ0v) is 11.8. The average molecular weight is 290 g/mol. The highest BCUT2D eigenvalue weighted by molar-refractivity contribution is 7.15. The van der Waals surface area contributed by atoms with Gasteiger partial charge in [0.15, 0.2) is 0 Å². The number of aromatic nitrogens is 1. The highest BCUT2D eigenvalue weighted by atomic mass is 32.1. The lowest BCUT2D eigenvalue weighted by atomic mass is 10.1. The molecule has 0 radical (unpaired) electrons. The molecule has 0 saturated heterocycles. The second-order valence-electron chi connectivity index (χ2n) is 4.34. The molecule has 2 aromatic heterocycles. The molecule has 104 valence electrons. The van der Waals surface area contributed by atoms with Crippen LogP contribution < -0.4 is 5.32 Å². The summed E-state index contributed by atoms with van der Waals surface area (Å²) in [6.07, 6.45) is 3.30. The van der Waals surface area contributed by atoms with Crippen molar-refractivity contribution in [2.24, 2.45) is 0 Å². The molecule has 6 heteroatoms. The molecule has 20 heavy (non-hydrogen) atoms. The number of carbonyl (C=O) groups is 1. The Hall–Kier alpha value is -1.92. The van der Waals surface area contributed by atoms with Gasteiger partial charge in [-0.3, -0.25) is 4.98 Å². The van der Waals surface area contributed by atoms with Crippen LogP contribution in [0.25, 0.3) is 10.4 Å². The molecule has 0 aliphatic carbocycles. The van der Waals surface area contributed by atoms with Gasteiger partial charge in [-0.1, -0.05) is 6.07 Å². The zero-order valence-electron chi connectivity index (χ0n) is 11.0. The van der Waals surface area contributed by atoms with Crippen molar-refractivity contribution in [1.29, 1.82) is 0 Å². The number of fused-ring (bicyclic) bond motifs is 1. The maximum absolute atomic E-state index is 11.3. The number of nitrogens with zero attached hydrogens (tertiary/aromatic N) is 1. The van der Waals surface area contributed by atoms with Crippen LogP contribution in [0.4, 0.5) is 4.79 Å². The van der Waals surface area contributed by atoms with E-state index in [1.807, 2.05) is 24.4 Å². The maximum Gasteiger partial charge on any atom is 0.409 e. The molecule has 2 aromatic rings. The number of hydrogen-bond donors (Lipinski definition) is 1. The third-order valence-corrected chi connectivity index (χ3v) is 4.32. The molecule has 0 spiro atoms. The fourth-order valence-electron chi connectivity index (χ4n) is 2.09. The number of alkyl carbamates (subject to hydrolysis) is 1. The molecule has 1 atom stereocenters. The third kappa shape index (κ3) is 2.52. The van der Waals surface area contributed by atoms with Gasteiger partial charge >= 0.3 is 6.09 Å². The topological polar surface area (TPSA) is 60.5 Å². The number of thiophene rings is 1. The Bertz CT molecular complexity index is 612. The van der Waals surface area contributed by atoms with Crippen molar-refractivity contribution < 1.29 is 14.3 Å². The predicted molar refractivity (Wildman–Crippen MR) is 75.5 cm³/mol. The van der Waals surface area contributed by atoms with Gasteiger partial charge in [0.25, 0.3) is 0 Å². The van der Waals surface area contributed by atoms with Crippen LogP contribution in [-0.4, -0.2) is 24.7 Å². The number of carbonyl (C=O) groups excluding carboxylic acids is 1. The lowest BCUT2D eigenvalue weighted by molar-refractivity contribution is -0.113. The van der Waals surface area contributed by atoms with Crippen molar-refractivity contribution in [3.05, 3.63) is 41.0 Å². The van der Waals surface area contributed by atoms with Crippen LogP contribution in [0.1, 0.15) is 16.7 Å².